The third-order valence-corrected chi connectivity index (χ3v) is 3.99. The first kappa shape index (κ1) is 14.7. The molecule has 2 rings (SSSR count). The van der Waals surface area contributed by atoms with Gasteiger partial charge in [-0.1, -0.05) is 6.92 Å². The van der Waals surface area contributed by atoms with Crippen LogP contribution in [0.1, 0.15) is 24.8 Å². The summed E-state index contributed by atoms with van der Waals surface area (Å²) in [6.45, 7) is 3.87. The molecular weight excluding hydrogens is 278 g/mol. The number of furan rings is 1. The lowest BCUT2D eigenvalue weighted by atomic mass is 10.3. The maximum atomic E-state index is 11.2. The molecule has 6 heteroatoms. The van der Waals surface area contributed by atoms with E-state index >= 15 is 0 Å². The lowest BCUT2D eigenvalue weighted by molar-refractivity contribution is -0.140. The Balaban J connectivity index is 1.95. The summed E-state index contributed by atoms with van der Waals surface area (Å²) in [5, 5.41) is 0.172. The zero-order valence-corrected chi connectivity index (χ0v) is 12.5. The molecule has 0 amide bonds. The second-order valence-electron chi connectivity index (χ2n) is 4.40. The summed E-state index contributed by atoms with van der Waals surface area (Å²) in [6.07, 6.45) is 1.98. The van der Waals surface area contributed by atoms with Gasteiger partial charge in [0.15, 0.2) is 5.76 Å². The molecule has 0 bridgehead atoms. The quantitative estimate of drug-likeness (QED) is 0.761. The Bertz CT molecular complexity index is 562. The monoisotopic (exact) mass is 295 g/mol. The number of hydrogen-bond acceptors (Lipinski definition) is 6. The van der Waals surface area contributed by atoms with Gasteiger partial charge in [0.25, 0.3) is 5.89 Å². The van der Waals surface area contributed by atoms with E-state index in [1.54, 1.807) is 24.1 Å². The van der Waals surface area contributed by atoms with Crippen molar-refractivity contribution in [1.82, 2.24) is 4.98 Å². The SMILES string of the molecule is COC(=O)C[C@H](C)SCc1nc(-c2ccco2)oc1C. The standard InChI is InChI=1S/C14H17NO4S/c1-9(7-13(16)17-3)20-8-11-10(2)19-14(15-11)12-5-4-6-18-12/h4-6,9H,7-8H2,1-3H3/t9-/m0/s1. The van der Waals surface area contributed by atoms with E-state index in [1.807, 2.05) is 19.9 Å². The molecule has 0 unspecified atom stereocenters. The minimum Gasteiger partial charge on any atom is -0.469 e. The number of aromatic nitrogens is 1. The van der Waals surface area contributed by atoms with Gasteiger partial charge in [-0.15, -0.1) is 0 Å². The van der Waals surface area contributed by atoms with Crippen LogP contribution in [0.15, 0.2) is 27.2 Å². The number of rotatable bonds is 6. The van der Waals surface area contributed by atoms with E-state index in [4.69, 9.17) is 8.83 Å². The second-order valence-corrected chi connectivity index (χ2v) is 5.83. The van der Waals surface area contributed by atoms with Crippen molar-refractivity contribution >= 4 is 17.7 Å². The summed E-state index contributed by atoms with van der Waals surface area (Å²) < 4.78 is 15.5. The molecule has 0 aliphatic heterocycles. The van der Waals surface area contributed by atoms with Gasteiger partial charge in [-0.2, -0.15) is 11.8 Å². The van der Waals surface area contributed by atoms with Crippen LogP contribution in [0.3, 0.4) is 0 Å². The molecule has 2 heterocycles. The number of thioether (sulfide) groups is 1. The van der Waals surface area contributed by atoms with Crippen LogP contribution >= 0.6 is 11.8 Å². The first-order valence-electron chi connectivity index (χ1n) is 6.28. The average Bonchev–Trinajstić information content (AvgIpc) is 3.05. The van der Waals surface area contributed by atoms with Crippen molar-refractivity contribution in [3.63, 3.8) is 0 Å². The van der Waals surface area contributed by atoms with Crippen LogP contribution in [0, 0.1) is 6.92 Å². The van der Waals surface area contributed by atoms with Crippen molar-refractivity contribution in [3.05, 3.63) is 29.9 Å². The molecular formula is C14H17NO4S. The van der Waals surface area contributed by atoms with Crippen molar-refractivity contribution < 1.29 is 18.4 Å². The topological polar surface area (TPSA) is 65.5 Å². The van der Waals surface area contributed by atoms with Crippen molar-refractivity contribution in [3.8, 4) is 11.7 Å². The largest absolute Gasteiger partial charge is 0.469 e. The zero-order valence-electron chi connectivity index (χ0n) is 11.7. The fraction of sp³-hybridized carbons (Fsp3) is 0.429. The van der Waals surface area contributed by atoms with Gasteiger partial charge in [0.05, 0.1) is 25.5 Å². The van der Waals surface area contributed by atoms with E-state index in [2.05, 4.69) is 9.72 Å². The van der Waals surface area contributed by atoms with E-state index in [9.17, 15) is 4.79 Å². The molecule has 0 aromatic carbocycles. The Kier molecular flexibility index (Phi) is 4.89. The van der Waals surface area contributed by atoms with Gasteiger partial charge in [0.2, 0.25) is 0 Å². The van der Waals surface area contributed by atoms with Gasteiger partial charge in [-0.05, 0) is 19.1 Å². The number of ether oxygens (including phenoxy) is 1. The molecule has 0 saturated carbocycles. The number of hydrogen-bond donors (Lipinski definition) is 0. The fourth-order valence-electron chi connectivity index (χ4n) is 1.67. The number of esters is 1. The number of carbonyl (C=O) groups excluding carboxylic acids is 1. The highest BCUT2D eigenvalue weighted by Gasteiger charge is 2.15. The summed E-state index contributed by atoms with van der Waals surface area (Å²) in [4.78, 5) is 15.6. The molecule has 0 spiro atoms. The summed E-state index contributed by atoms with van der Waals surface area (Å²) in [5.74, 6) is 2.37. The van der Waals surface area contributed by atoms with E-state index in [0.717, 1.165) is 11.5 Å². The highest BCUT2D eigenvalue weighted by molar-refractivity contribution is 7.99. The predicted octanol–water partition coefficient (Wildman–Crippen LogP) is 3.43. The number of methoxy groups -OCH3 is 1. The first-order valence-corrected chi connectivity index (χ1v) is 7.33. The molecule has 1 atom stereocenters. The first-order chi connectivity index (χ1) is 9.60. The van der Waals surface area contributed by atoms with Crippen LogP contribution in [0.25, 0.3) is 11.7 Å². The van der Waals surface area contributed by atoms with E-state index in [1.165, 1.54) is 7.11 Å². The van der Waals surface area contributed by atoms with Gasteiger partial charge in [0.1, 0.15) is 5.76 Å². The summed E-state index contributed by atoms with van der Waals surface area (Å²) in [6, 6.07) is 3.60. The van der Waals surface area contributed by atoms with E-state index < -0.39 is 0 Å². The van der Waals surface area contributed by atoms with Gasteiger partial charge in [-0.3, -0.25) is 4.79 Å². The predicted molar refractivity (Wildman–Crippen MR) is 76.3 cm³/mol. The summed E-state index contributed by atoms with van der Waals surface area (Å²) >= 11 is 1.64. The molecule has 20 heavy (non-hydrogen) atoms. The Morgan fingerprint density at radius 3 is 3.00 bits per heavy atom. The zero-order chi connectivity index (χ0) is 14.5. The van der Waals surface area contributed by atoms with E-state index in [-0.39, 0.29) is 11.2 Å². The lowest BCUT2D eigenvalue weighted by Gasteiger charge is -2.08. The number of nitrogens with zero attached hydrogens (tertiary/aromatic N) is 1. The van der Waals surface area contributed by atoms with Gasteiger partial charge in [-0.25, -0.2) is 4.98 Å². The maximum Gasteiger partial charge on any atom is 0.306 e. The summed E-state index contributed by atoms with van der Waals surface area (Å²) in [5.41, 5.74) is 0.873. The Morgan fingerprint density at radius 1 is 1.55 bits per heavy atom. The van der Waals surface area contributed by atoms with Crippen LogP contribution in [0.2, 0.25) is 0 Å². The van der Waals surface area contributed by atoms with Crippen LogP contribution in [-0.4, -0.2) is 23.3 Å². The van der Waals surface area contributed by atoms with Gasteiger partial charge in [0, 0.05) is 11.0 Å². The number of aryl methyl sites for hydroxylation is 1. The molecule has 2 aromatic heterocycles. The van der Waals surface area contributed by atoms with Crippen molar-refractivity contribution in [2.45, 2.75) is 31.3 Å². The highest BCUT2D eigenvalue weighted by Crippen LogP contribution is 2.26. The number of oxazole rings is 1. The molecule has 0 aliphatic rings. The molecule has 0 N–H and O–H groups in total. The molecule has 0 aliphatic carbocycles. The fourth-order valence-corrected chi connectivity index (χ4v) is 2.63. The third kappa shape index (κ3) is 3.66. The smallest absolute Gasteiger partial charge is 0.306 e. The molecule has 5 nitrogen and oxygen atoms in total. The van der Waals surface area contributed by atoms with Crippen molar-refractivity contribution in [2.24, 2.45) is 0 Å². The highest BCUT2D eigenvalue weighted by atomic mass is 32.2. The Morgan fingerprint density at radius 2 is 2.35 bits per heavy atom. The van der Waals surface area contributed by atoms with Gasteiger partial charge >= 0.3 is 5.97 Å². The summed E-state index contributed by atoms with van der Waals surface area (Å²) in [7, 11) is 1.40. The van der Waals surface area contributed by atoms with E-state index in [0.29, 0.717) is 23.8 Å². The van der Waals surface area contributed by atoms with Gasteiger partial charge < -0.3 is 13.6 Å². The molecule has 0 radical (unpaired) electrons. The Labute approximate surface area is 121 Å². The van der Waals surface area contributed by atoms with Crippen molar-refractivity contribution in [2.75, 3.05) is 7.11 Å². The van der Waals surface area contributed by atoms with Crippen molar-refractivity contribution in [1.29, 1.82) is 0 Å². The van der Waals surface area contributed by atoms with Crippen LogP contribution in [-0.2, 0) is 15.3 Å². The molecule has 0 saturated heterocycles. The number of carbonyl (C=O) groups is 1. The van der Waals surface area contributed by atoms with Crippen LogP contribution in [0.5, 0.6) is 0 Å². The lowest BCUT2D eigenvalue weighted by Crippen LogP contribution is -2.08. The minimum atomic E-state index is -0.196. The normalized spacial score (nSPS) is 12.3. The third-order valence-electron chi connectivity index (χ3n) is 2.81. The minimum absolute atomic E-state index is 0.172. The molecule has 108 valence electrons. The maximum absolute atomic E-state index is 11.2. The second kappa shape index (κ2) is 6.65. The average molecular weight is 295 g/mol. The van der Waals surface area contributed by atoms with Crippen LogP contribution < -0.4 is 0 Å². The molecule has 0 fully saturated rings. The Hall–Kier alpha value is -1.69. The van der Waals surface area contributed by atoms with Crippen LogP contribution in [0.4, 0.5) is 0 Å². The molecule has 2 aromatic rings.